The maximum Gasteiger partial charge on any atom is 0.165 e. The van der Waals surface area contributed by atoms with E-state index in [1.165, 1.54) is 7.11 Å². The molecule has 2 aromatic rings. The van der Waals surface area contributed by atoms with Gasteiger partial charge in [0.25, 0.3) is 0 Å². The van der Waals surface area contributed by atoms with Gasteiger partial charge >= 0.3 is 0 Å². The van der Waals surface area contributed by atoms with Crippen LogP contribution in [0.15, 0.2) is 36.4 Å². The number of methoxy groups -OCH3 is 1. The second-order valence-corrected chi connectivity index (χ2v) is 4.70. The van der Waals surface area contributed by atoms with Gasteiger partial charge in [-0.2, -0.15) is 0 Å². The minimum Gasteiger partial charge on any atom is -0.496 e. The lowest BCUT2D eigenvalue weighted by Gasteiger charge is -2.11. The first kappa shape index (κ1) is 15.2. The lowest BCUT2D eigenvalue weighted by Crippen LogP contribution is -2.11. The molecule has 0 saturated heterocycles. The van der Waals surface area contributed by atoms with Crippen LogP contribution in [0.3, 0.4) is 0 Å². The predicted octanol–water partition coefficient (Wildman–Crippen LogP) is 3.19. The fourth-order valence-corrected chi connectivity index (χ4v) is 1.95. The van der Waals surface area contributed by atoms with Crippen LogP contribution in [0.5, 0.6) is 11.5 Å². The number of ether oxygens (including phenoxy) is 2. The van der Waals surface area contributed by atoms with Gasteiger partial charge in [0.05, 0.1) is 12.7 Å². The summed E-state index contributed by atoms with van der Waals surface area (Å²) in [6, 6.07) is 8.15. The monoisotopic (exact) mass is 309 g/mol. The van der Waals surface area contributed by atoms with Crippen LogP contribution >= 0.6 is 12.2 Å². The zero-order valence-corrected chi connectivity index (χ0v) is 12.0. The summed E-state index contributed by atoms with van der Waals surface area (Å²) in [6.07, 6.45) is 0. The van der Waals surface area contributed by atoms with Crippen molar-refractivity contribution in [2.45, 2.75) is 6.61 Å². The predicted molar refractivity (Wildman–Crippen MR) is 79.6 cm³/mol. The van der Waals surface area contributed by atoms with Gasteiger partial charge in [-0.1, -0.05) is 18.3 Å². The Balaban J connectivity index is 2.17. The van der Waals surface area contributed by atoms with E-state index in [-0.39, 0.29) is 17.3 Å². The highest BCUT2D eigenvalue weighted by Gasteiger charge is 2.09. The Labute approximate surface area is 126 Å². The number of halogens is 2. The Hall–Kier alpha value is -2.21. The van der Waals surface area contributed by atoms with Crippen molar-refractivity contribution in [3.63, 3.8) is 0 Å². The van der Waals surface area contributed by atoms with E-state index in [9.17, 15) is 8.78 Å². The Morgan fingerprint density at radius 1 is 1.14 bits per heavy atom. The van der Waals surface area contributed by atoms with Crippen molar-refractivity contribution in [1.82, 2.24) is 0 Å². The first-order valence-electron chi connectivity index (χ1n) is 6.06. The first-order chi connectivity index (χ1) is 10.0. The topological polar surface area (TPSA) is 44.5 Å². The molecule has 3 nitrogen and oxygen atoms in total. The summed E-state index contributed by atoms with van der Waals surface area (Å²) in [5, 5.41) is 0. The summed E-state index contributed by atoms with van der Waals surface area (Å²) >= 11 is 4.91. The SMILES string of the molecule is COc1cc(COc2cc(F)ccc2F)ccc1C(N)=S. The van der Waals surface area contributed by atoms with Crippen molar-refractivity contribution >= 4 is 17.2 Å². The molecule has 0 aliphatic heterocycles. The third kappa shape index (κ3) is 3.66. The Kier molecular flexibility index (Phi) is 4.70. The Bertz CT molecular complexity index is 677. The lowest BCUT2D eigenvalue weighted by atomic mass is 10.1. The molecular weight excluding hydrogens is 296 g/mol. The van der Waals surface area contributed by atoms with E-state index in [0.717, 1.165) is 23.8 Å². The van der Waals surface area contributed by atoms with Crippen LogP contribution in [0.4, 0.5) is 8.78 Å². The van der Waals surface area contributed by atoms with Crippen molar-refractivity contribution in [1.29, 1.82) is 0 Å². The van der Waals surface area contributed by atoms with Crippen LogP contribution < -0.4 is 15.2 Å². The summed E-state index contributed by atoms with van der Waals surface area (Å²) in [5.41, 5.74) is 6.89. The van der Waals surface area contributed by atoms with E-state index in [0.29, 0.717) is 11.3 Å². The zero-order valence-electron chi connectivity index (χ0n) is 11.2. The van der Waals surface area contributed by atoms with Crippen LogP contribution in [0.25, 0.3) is 0 Å². The largest absolute Gasteiger partial charge is 0.496 e. The molecule has 0 heterocycles. The number of nitrogens with two attached hydrogens (primary N) is 1. The van der Waals surface area contributed by atoms with Gasteiger partial charge in [0, 0.05) is 6.07 Å². The van der Waals surface area contributed by atoms with E-state index in [1.807, 2.05) is 0 Å². The van der Waals surface area contributed by atoms with Crippen LogP contribution in [-0.4, -0.2) is 12.1 Å². The normalized spacial score (nSPS) is 10.2. The molecule has 0 radical (unpaired) electrons. The number of thiocarbonyl (C=S) groups is 1. The van der Waals surface area contributed by atoms with E-state index in [2.05, 4.69) is 0 Å². The molecule has 2 N–H and O–H groups in total. The highest BCUT2D eigenvalue weighted by Crippen LogP contribution is 2.23. The van der Waals surface area contributed by atoms with E-state index in [4.69, 9.17) is 27.4 Å². The van der Waals surface area contributed by atoms with Crippen molar-refractivity contribution in [3.05, 3.63) is 59.2 Å². The first-order valence-corrected chi connectivity index (χ1v) is 6.46. The zero-order chi connectivity index (χ0) is 15.4. The molecule has 0 aliphatic rings. The Morgan fingerprint density at radius 3 is 2.57 bits per heavy atom. The van der Waals surface area contributed by atoms with Gasteiger partial charge in [-0.25, -0.2) is 8.78 Å². The Morgan fingerprint density at radius 2 is 1.90 bits per heavy atom. The average molecular weight is 309 g/mol. The third-order valence-corrected chi connectivity index (χ3v) is 3.04. The second kappa shape index (κ2) is 6.49. The number of rotatable bonds is 5. The van der Waals surface area contributed by atoms with E-state index < -0.39 is 11.6 Å². The molecule has 0 aliphatic carbocycles. The fraction of sp³-hybridized carbons (Fsp3) is 0.133. The highest BCUT2D eigenvalue weighted by molar-refractivity contribution is 7.80. The van der Waals surface area contributed by atoms with Gasteiger partial charge in [0.1, 0.15) is 23.2 Å². The molecule has 0 spiro atoms. The molecule has 0 aromatic heterocycles. The molecule has 0 bridgehead atoms. The molecule has 0 amide bonds. The van der Waals surface area contributed by atoms with Crippen LogP contribution in [0, 0.1) is 11.6 Å². The maximum atomic E-state index is 13.4. The van der Waals surface area contributed by atoms with Crippen LogP contribution in [-0.2, 0) is 6.61 Å². The minimum absolute atomic E-state index is 0.0638. The van der Waals surface area contributed by atoms with Crippen molar-refractivity contribution < 1.29 is 18.3 Å². The second-order valence-electron chi connectivity index (χ2n) is 4.26. The van der Waals surface area contributed by atoms with Crippen molar-refractivity contribution in [2.75, 3.05) is 7.11 Å². The van der Waals surface area contributed by atoms with Gasteiger partial charge in [0.2, 0.25) is 0 Å². The van der Waals surface area contributed by atoms with E-state index in [1.54, 1.807) is 18.2 Å². The van der Waals surface area contributed by atoms with Gasteiger partial charge < -0.3 is 15.2 Å². The van der Waals surface area contributed by atoms with Crippen molar-refractivity contribution in [2.24, 2.45) is 5.73 Å². The maximum absolute atomic E-state index is 13.4. The van der Waals surface area contributed by atoms with Crippen LogP contribution in [0.1, 0.15) is 11.1 Å². The van der Waals surface area contributed by atoms with Crippen LogP contribution in [0.2, 0.25) is 0 Å². The smallest absolute Gasteiger partial charge is 0.165 e. The van der Waals surface area contributed by atoms with Gasteiger partial charge in [-0.3, -0.25) is 0 Å². The molecule has 0 saturated carbocycles. The van der Waals surface area contributed by atoms with Gasteiger partial charge in [-0.05, 0) is 29.8 Å². The quantitative estimate of drug-likeness (QED) is 0.862. The number of hydrogen-bond donors (Lipinski definition) is 1. The summed E-state index contributed by atoms with van der Waals surface area (Å²) < 4.78 is 36.9. The van der Waals surface area contributed by atoms with Gasteiger partial charge in [0.15, 0.2) is 11.6 Å². The summed E-state index contributed by atoms with van der Waals surface area (Å²) in [6.45, 7) is 0.0638. The molecule has 2 aromatic carbocycles. The molecule has 2 rings (SSSR count). The molecule has 0 atom stereocenters. The number of hydrogen-bond acceptors (Lipinski definition) is 3. The molecule has 6 heteroatoms. The summed E-state index contributed by atoms with van der Waals surface area (Å²) in [4.78, 5) is 0.218. The highest BCUT2D eigenvalue weighted by atomic mass is 32.1. The standard InChI is InChI=1S/C15H13F2NO2S/c1-19-13-6-9(2-4-11(13)15(18)21)8-20-14-7-10(16)3-5-12(14)17/h2-7H,8H2,1H3,(H2,18,21). The van der Waals surface area contributed by atoms with Gasteiger partial charge in [-0.15, -0.1) is 0 Å². The fourth-order valence-electron chi connectivity index (χ4n) is 1.78. The summed E-state index contributed by atoms with van der Waals surface area (Å²) in [7, 11) is 1.49. The minimum atomic E-state index is -0.622. The molecule has 0 unspecified atom stereocenters. The van der Waals surface area contributed by atoms with Crippen molar-refractivity contribution in [3.8, 4) is 11.5 Å². The average Bonchev–Trinajstić information content (AvgIpc) is 2.47. The lowest BCUT2D eigenvalue weighted by molar-refractivity contribution is 0.287. The van der Waals surface area contributed by atoms with E-state index >= 15 is 0 Å². The summed E-state index contributed by atoms with van der Waals surface area (Å²) in [5.74, 6) is -0.827. The molecule has 21 heavy (non-hydrogen) atoms. The molecule has 110 valence electrons. The molecular formula is C15H13F2NO2S. The third-order valence-electron chi connectivity index (χ3n) is 2.82. The number of benzene rings is 2. The molecule has 0 fully saturated rings.